The Hall–Kier alpha value is -0.970. The summed E-state index contributed by atoms with van der Waals surface area (Å²) in [4.78, 5) is 1.24. The lowest BCUT2D eigenvalue weighted by Gasteiger charge is -2.09. The van der Waals surface area contributed by atoms with Gasteiger partial charge < -0.3 is 10.5 Å². The fourth-order valence-corrected chi connectivity index (χ4v) is 3.35. The second kappa shape index (κ2) is 7.16. The Morgan fingerprint density at radius 2 is 2.05 bits per heavy atom. The van der Waals surface area contributed by atoms with Gasteiger partial charge in [-0.05, 0) is 58.2 Å². The standard InChI is InChI=1S/C16H18BrNOS/c1-11(18)13-4-3-5-14(9-13)20-10-12-6-7-16(19-2)15(17)8-12/h3-9,11H,10,18H2,1-2H3. The minimum absolute atomic E-state index is 0.0747. The van der Waals surface area contributed by atoms with E-state index in [1.807, 2.05) is 24.8 Å². The van der Waals surface area contributed by atoms with Crippen molar-refractivity contribution in [3.8, 4) is 5.75 Å². The largest absolute Gasteiger partial charge is 0.496 e. The molecule has 1 atom stereocenters. The summed E-state index contributed by atoms with van der Waals surface area (Å²) in [6, 6.07) is 14.7. The third kappa shape index (κ3) is 4.01. The molecule has 0 spiro atoms. The summed E-state index contributed by atoms with van der Waals surface area (Å²) in [5.74, 6) is 1.78. The van der Waals surface area contributed by atoms with Crippen LogP contribution in [0.5, 0.6) is 5.75 Å². The van der Waals surface area contributed by atoms with Crippen molar-refractivity contribution in [2.75, 3.05) is 7.11 Å². The number of thioether (sulfide) groups is 1. The molecule has 2 aromatic carbocycles. The molecular weight excluding hydrogens is 334 g/mol. The molecule has 0 heterocycles. The molecule has 2 aromatic rings. The summed E-state index contributed by atoms with van der Waals surface area (Å²) in [5.41, 5.74) is 8.34. The summed E-state index contributed by atoms with van der Waals surface area (Å²) < 4.78 is 6.23. The van der Waals surface area contributed by atoms with Gasteiger partial charge in [-0.2, -0.15) is 0 Å². The average Bonchev–Trinajstić information content (AvgIpc) is 2.45. The zero-order valence-corrected chi connectivity index (χ0v) is 14.0. The van der Waals surface area contributed by atoms with Crippen LogP contribution in [0, 0.1) is 0 Å². The van der Waals surface area contributed by atoms with E-state index in [0.29, 0.717) is 0 Å². The Bertz CT molecular complexity index is 586. The van der Waals surface area contributed by atoms with E-state index >= 15 is 0 Å². The van der Waals surface area contributed by atoms with Gasteiger partial charge in [-0.3, -0.25) is 0 Å². The van der Waals surface area contributed by atoms with E-state index in [0.717, 1.165) is 16.0 Å². The Labute approximate surface area is 132 Å². The first-order valence-corrected chi connectivity index (χ1v) is 8.19. The normalized spacial score (nSPS) is 12.2. The maximum Gasteiger partial charge on any atom is 0.133 e. The lowest BCUT2D eigenvalue weighted by Crippen LogP contribution is -2.04. The lowest BCUT2D eigenvalue weighted by molar-refractivity contribution is 0.412. The highest BCUT2D eigenvalue weighted by atomic mass is 79.9. The number of hydrogen-bond donors (Lipinski definition) is 1. The first-order valence-electron chi connectivity index (χ1n) is 6.41. The van der Waals surface area contributed by atoms with Crippen molar-refractivity contribution in [2.24, 2.45) is 5.73 Å². The Morgan fingerprint density at radius 3 is 2.70 bits per heavy atom. The third-order valence-electron chi connectivity index (χ3n) is 3.01. The predicted octanol–water partition coefficient (Wildman–Crippen LogP) is 4.77. The van der Waals surface area contributed by atoms with E-state index in [2.05, 4.69) is 52.3 Å². The molecule has 0 aliphatic heterocycles. The minimum Gasteiger partial charge on any atom is -0.496 e. The van der Waals surface area contributed by atoms with Crippen molar-refractivity contribution in [3.63, 3.8) is 0 Å². The van der Waals surface area contributed by atoms with Crippen LogP contribution in [0.4, 0.5) is 0 Å². The lowest BCUT2D eigenvalue weighted by atomic mass is 10.1. The van der Waals surface area contributed by atoms with E-state index in [1.165, 1.54) is 16.0 Å². The summed E-state index contributed by atoms with van der Waals surface area (Å²) in [7, 11) is 1.67. The van der Waals surface area contributed by atoms with E-state index < -0.39 is 0 Å². The van der Waals surface area contributed by atoms with Gasteiger partial charge in [-0.1, -0.05) is 18.2 Å². The second-order valence-electron chi connectivity index (χ2n) is 4.62. The average molecular weight is 352 g/mol. The Balaban J connectivity index is 2.05. The van der Waals surface area contributed by atoms with Crippen LogP contribution in [0.25, 0.3) is 0 Å². The van der Waals surface area contributed by atoms with Crippen molar-refractivity contribution in [2.45, 2.75) is 23.6 Å². The third-order valence-corrected chi connectivity index (χ3v) is 4.69. The molecule has 1 unspecified atom stereocenters. The number of halogens is 1. The number of benzene rings is 2. The number of ether oxygens (including phenoxy) is 1. The molecule has 0 aliphatic rings. The van der Waals surface area contributed by atoms with Crippen LogP contribution in [0.1, 0.15) is 24.1 Å². The number of rotatable bonds is 5. The highest BCUT2D eigenvalue weighted by Crippen LogP contribution is 2.30. The summed E-state index contributed by atoms with van der Waals surface area (Å²) in [6.07, 6.45) is 0. The fraction of sp³-hybridized carbons (Fsp3) is 0.250. The van der Waals surface area contributed by atoms with Gasteiger partial charge in [0.05, 0.1) is 11.6 Å². The fourth-order valence-electron chi connectivity index (χ4n) is 1.85. The molecule has 0 fully saturated rings. The van der Waals surface area contributed by atoms with Gasteiger partial charge in [0, 0.05) is 16.7 Å². The van der Waals surface area contributed by atoms with Gasteiger partial charge in [0.2, 0.25) is 0 Å². The van der Waals surface area contributed by atoms with Gasteiger partial charge in [0.25, 0.3) is 0 Å². The molecule has 2 nitrogen and oxygen atoms in total. The van der Waals surface area contributed by atoms with Crippen LogP contribution in [0.2, 0.25) is 0 Å². The quantitative estimate of drug-likeness (QED) is 0.788. The van der Waals surface area contributed by atoms with Crippen LogP contribution in [0.15, 0.2) is 51.8 Å². The van der Waals surface area contributed by atoms with Crippen molar-refractivity contribution < 1.29 is 4.74 Å². The molecule has 0 aromatic heterocycles. The molecule has 2 rings (SSSR count). The monoisotopic (exact) mass is 351 g/mol. The van der Waals surface area contributed by atoms with Crippen molar-refractivity contribution in [3.05, 3.63) is 58.1 Å². The predicted molar refractivity (Wildman–Crippen MR) is 89.3 cm³/mol. The highest BCUT2D eigenvalue weighted by Gasteiger charge is 2.04. The molecule has 106 valence electrons. The molecule has 0 saturated heterocycles. The molecule has 20 heavy (non-hydrogen) atoms. The Kier molecular flexibility index (Phi) is 5.52. The number of hydrogen-bond acceptors (Lipinski definition) is 3. The first kappa shape index (κ1) is 15.4. The number of methoxy groups -OCH3 is 1. The maximum absolute atomic E-state index is 5.91. The van der Waals surface area contributed by atoms with Crippen LogP contribution in [-0.2, 0) is 5.75 Å². The topological polar surface area (TPSA) is 35.2 Å². The van der Waals surface area contributed by atoms with Crippen molar-refractivity contribution in [1.29, 1.82) is 0 Å². The van der Waals surface area contributed by atoms with Crippen LogP contribution >= 0.6 is 27.7 Å². The number of nitrogens with two attached hydrogens (primary N) is 1. The molecule has 0 bridgehead atoms. The first-order chi connectivity index (χ1) is 9.60. The molecule has 0 amide bonds. The zero-order chi connectivity index (χ0) is 14.5. The summed E-state index contributed by atoms with van der Waals surface area (Å²) in [6.45, 7) is 2.00. The Morgan fingerprint density at radius 1 is 1.25 bits per heavy atom. The maximum atomic E-state index is 5.91. The summed E-state index contributed by atoms with van der Waals surface area (Å²) in [5, 5.41) is 0. The van der Waals surface area contributed by atoms with Crippen LogP contribution < -0.4 is 10.5 Å². The molecule has 0 radical (unpaired) electrons. The van der Waals surface area contributed by atoms with E-state index in [4.69, 9.17) is 10.5 Å². The van der Waals surface area contributed by atoms with Crippen LogP contribution in [0.3, 0.4) is 0 Å². The van der Waals surface area contributed by atoms with Gasteiger partial charge in [-0.25, -0.2) is 0 Å². The molecule has 2 N–H and O–H groups in total. The smallest absolute Gasteiger partial charge is 0.133 e. The van der Waals surface area contributed by atoms with Gasteiger partial charge in [0.1, 0.15) is 5.75 Å². The molecule has 0 aliphatic carbocycles. The van der Waals surface area contributed by atoms with E-state index in [9.17, 15) is 0 Å². The molecule has 0 saturated carbocycles. The second-order valence-corrected chi connectivity index (χ2v) is 6.52. The van der Waals surface area contributed by atoms with Crippen LogP contribution in [-0.4, -0.2) is 7.11 Å². The molecular formula is C16H18BrNOS. The highest BCUT2D eigenvalue weighted by molar-refractivity contribution is 9.10. The van der Waals surface area contributed by atoms with Crippen molar-refractivity contribution >= 4 is 27.7 Å². The van der Waals surface area contributed by atoms with E-state index in [1.54, 1.807) is 7.11 Å². The van der Waals surface area contributed by atoms with Gasteiger partial charge in [-0.15, -0.1) is 11.8 Å². The van der Waals surface area contributed by atoms with Crippen molar-refractivity contribution in [1.82, 2.24) is 0 Å². The summed E-state index contributed by atoms with van der Waals surface area (Å²) >= 11 is 5.32. The van der Waals surface area contributed by atoms with E-state index in [-0.39, 0.29) is 6.04 Å². The van der Waals surface area contributed by atoms with Gasteiger partial charge >= 0.3 is 0 Å². The SMILES string of the molecule is COc1ccc(CSc2cccc(C(C)N)c2)cc1Br. The molecule has 4 heteroatoms. The zero-order valence-electron chi connectivity index (χ0n) is 11.6. The van der Waals surface area contributed by atoms with Gasteiger partial charge in [0.15, 0.2) is 0 Å². The minimum atomic E-state index is 0.0747.